The number of carbonyl (C=O) groups excluding carboxylic acids is 1. The zero-order valence-corrected chi connectivity index (χ0v) is 13.3. The van der Waals surface area contributed by atoms with Crippen molar-refractivity contribution in [3.05, 3.63) is 42.7 Å². The zero-order valence-electron chi connectivity index (χ0n) is 13.3. The van der Waals surface area contributed by atoms with Crippen LogP contribution in [0.2, 0.25) is 0 Å². The molecule has 2 N–H and O–H groups in total. The Morgan fingerprint density at radius 3 is 2.78 bits per heavy atom. The van der Waals surface area contributed by atoms with E-state index >= 15 is 0 Å². The van der Waals surface area contributed by atoms with Crippen LogP contribution in [0.3, 0.4) is 0 Å². The molecule has 0 atom stereocenters. The highest BCUT2D eigenvalue weighted by Gasteiger charge is 2.39. The van der Waals surface area contributed by atoms with Crippen molar-refractivity contribution in [3.63, 3.8) is 0 Å². The summed E-state index contributed by atoms with van der Waals surface area (Å²) in [6, 6.07) is 9.81. The summed E-state index contributed by atoms with van der Waals surface area (Å²) in [4.78, 5) is 12.8. The number of methoxy groups -OCH3 is 1. The first-order valence-corrected chi connectivity index (χ1v) is 7.85. The molecule has 0 unspecified atom stereocenters. The van der Waals surface area contributed by atoms with E-state index in [9.17, 15) is 4.79 Å². The topological polar surface area (TPSA) is 68.2 Å². The molecule has 0 saturated carbocycles. The van der Waals surface area contributed by atoms with Gasteiger partial charge in [-0.3, -0.25) is 4.79 Å². The third kappa shape index (κ3) is 3.43. The molecule has 122 valence electrons. The molecule has 6 nitrogen and oxygen atoms in total. The number of aromatic nitrogens is 2. The minimum atomic E-state index is -0.463. The highest BCUT2D eigenvalue weighted by molar-refractivity contribution is 5.95. The Balaban J connectivity index is 1.73. The maximum atomic E-state index is 12.8. The van der Waals surface area contributed by atoms with Crippen molar-refractivity contribution in [3.8, 4) is 5.69 Å². The Kier molecular flexibility index (Phi) is 4.73. The average molecular weight is 314 g/mol. The minimum Gasteiger partial charge on any atom is -0.384 e. The van der Waals surface area contributed by atoms with Gasteiger partial charge in [-0.05, 0) is 38.1 Å². The first-order valence-electron chi connectivity index (χ1n) is 7.85. The fourth-order valence-electron chi connectivity index (χ4n) is 2.99. The SMILES string of the molecule is COCC1(C(=O)Nc2cnn(-c3ccccc3)c2)CCNCC1. The standard InChI is InChI=1S/C17H22N4O2/c1-23-13-17(7-9-18-10-8-17)16(22)20-14-11-19-21(12-14)15-5-3-2-4-6-15/h2-6,11-12,18H,7-10,13H2,1H3,(H,20,22). The van der Waals surface area contributed by atoms with Crippen LogP contribution in [0.25, 0.3) is 5.69 Å². The summed E-state index contributed by atoms with van der Waals surface area (Å²) in [7, 11) is 1.64. The smallest absolute Gasteiger partial charge is 0.233 e. The molecule has 2 aromatic rings. The van der Waals surface area contributed by atoms with E-state index in [2.05, 4.69) is 15.7 Å². The quantitative estimate of drug-likeness (QED) is 0.883. The fraction of sp³-hybridized carbons (Fsp3) is 0.412. The van der Waals surface area contributed by atoms with Crippen molar-refractivity contribution in [2.45, 2.75) is 12.8 Å². The number of benzene rings is 1. The van der Waals surface area contributed by atoms with Gasteiger partial charge in [0.1, 0.15) is 0 Å². The largest absolute Gasteiger partial charge is 0.384 e. The van der Waals surface area contributed by atoms with Crippen LogP contribution in [0, 0.1) is 5.41 Å². The second kappa shape index (κ2) is 6.93. The van der Waals surface area contributed by atoms with E-state index in [1.54, 1.807) is 18.0 Å². The van der Waals surface area contributed by atoms with Crippen LogP contribution >= 0.6 is 0 Å². The first-order chi connectivity index (χ1) is 11.2. The van der Waals surface area contributed by atoms with Crippen molar-refractivity contribution < 1.29 is 9.53 Å². The molecular weight excluding hydrogens is 292 g/mol. The Bertz CT molecular complexity index is 642. The van der Waals surface area contributed by atoms with Gasteiger partial charge in [-0.15, -0.1) is 0 Å². The van der Waals surface area contributed by atoms with E-state index in [0.717, 1.165) is 31.6 Å². The molecule has 0 radical (unpaired) electrons. The highest BCUT2D eigenvalue weighted by Crippen LogP contribution is 2.30. The van der Waals surface area contributed by atoms with E-state index in [1.807, 2.05) is 36.5 Å². The van der Waals surface area contributed by atoms with E-state index in [4.69, 9.17) is 4.74 Å². The monoisotopic (exact) mass is 314 g/mol. The van der Waals surface area contributed by atoms with Crippen LogP contribution in [-0.4, -0.2) is 42.5 Å². The molecule has 1 saturated heterocycles. The zero-order chi connectivity index (χ0) is 16.1. The summed E-state index contributed by atoms with van der Waals surface area (Å²) in [6.07, 6.45) is 5.06. The van der Waals surface area contributed by atoms with E-state index in [-0.39, 0.29) is 5.91 Å². The molecule has 3 rings (SSSR count). The molecule has 2 heterocycles. The molecule has 23 heavy (non-hydrogen) atoms. The molecule has 6 heteroatoms. The average Bonchev–Trinajstić information content (AvgIpc) is 3.05. The number of nitrogens with zero attached hydrogens (tertiary/aromatic N) is 2. The summed E-state index contributed by atoms with van der Waals surface area (Å²) in [5, 5.41) is 10.6. The molecule has 1 aliphatic rings. The van der Waals surface area contributed by atoms with E-state index in [0.29, 0.717) is 12.3 Å². The van der Waals surface area contributed by atoms with Gasteiger partial charge >= 0.3 is 0 Å². The van der Waals surface area contributed by atoms with Gasteiger partial charge in [0, 0.05) is 7.11 Å². The van der Waals surface area contributed by atoms with Gasteiger partial charge < -0.3 is 15.4 Å². The van der Waals surface area contributed by atoms with Crippen LogP contribution < -0.4 is 10.6 Å². The predicted octanol–water partition coefficient (Wildman–Crippen LogP) is 1.83. The van der Waals surface area contributed by atoms with Crippen LogP contribution in [0.4, 0.5) is 5.69 Å². The number of ether oxygens (including phenoxy) is 1. The summed E-state index contributed by atoms with van der Waals surface area (Å²) in [5.41, 5.74) is 1.20. The van der Waals surface area contributed by atoms with Gasteiger partial charge in [0.2, 0.25) is 5.91 Å². The molecule has 1 fully saturated rings. The number of rotatable bonds is 5. The summed E-state index contributed by atoms with van der Waals surface area (Å²) in [6.45, 7) is 2.10. The number of amides is 1. The van der Waals surface area contributed by atoms with Gasteiger partial charge in [-0.25, -0.2) is 4.68 Å². The molecule has 0 aliphatic carbocycles. The Labute approximate surface area is 135 Å². The van der Waals surface area contributed by atoms with Crippen molar-refractivity contribution >= 4 is 11.6 Å². The molecule has 1 aromatic carbocycles. The van der Waals surface area contributed by atoms with E-state index in [1.165, 1.54) is 0 Å². The lowest BCUT2D eigenvalue weighted by Gasteiger charge is -2.35. The highest BCUT2D eigenvalue weighted by atomic mass is 16.5. The third-order valence-electron chi connectivity index (χ3n) is 4.32. The predicted molar refractivity (Wildman–Crippen MR) is 88.6 cm³/mol. The van der Waals surface area contributed by atoms with Gasteiger partial charge in [0.05, 0.1) is 35.8 Å². The van der Waals surface area contributed by atoms with Crippen molar-refractivity contribution in [2.24, 2.45) is 5.41 Å². The fourth-order valence-corrected chi connectivity index (χ4v) is 2.99. The lowest BCUT2D eigenvalue weighted by atomic mass is 9.78. The van der Waals surface area contributed by atoms with Crippen molar-refractivity contribution in [2.75, 3.05) is 32.1 Å². The van der Waals surface area contributed by atoms with Crippen LogP contribution in [0.5, 0.6) is 0 Å². The number of piperidine rings is 1. The number of anilines is 1. The molecular formula is C17H22N4O2. The molecule has 1 aliphatic heterocycles. The number of hydrogen-bond donors (Lipinski definition) is 2. The lowest BCUT2D eigenvalue weighted by molar-refractivity contribution is -0.130. The Morgan fingerprint density at radius 2 is 2.09 bits per heavy atom. The first kappa shape index (κ1) is 15.7. The second-order valence-corrected chi connectivity index (χ2v) is 5.93. The number of carbonyl (C=O) groups is 1. The molecule has 0 spiro atoms. The third-order valence-corrected chi connectivity index (χ3v) is 4.32. The number of nitrogens with one attached hydrogen (secondary N) is 2. The second-order valence-electron chi connectivity index (χ2n) is 5.93. The Hall–Kier alpha value is -2.18. The van der Waals surface area contributed by atoms with Gasteiger partial charge in [0.25, 0.3) is 0 Å². The molecule has 1 amide bonds. The van der Waals surface area contributed by atoms with Gasteiger partial charge in [-0.1, -0.05) is 18.2 Å². The molecule has 0 bridgehead atoms. The summed E-state index contributed by atoms with van der Waals surface area (Å²) < 4.78 is 7.06. The molecule has 1 aromatic heterocycles. The number of hydrogen-bond acceptors (Lipinski definition) is 4. The van der Waals surface area contributed by atoms with Crippen LogP contribution in [0.1, 0.15) is 12.8 Å². The van der Waals surface area contributed by atoms with Crippen molar-refractivity contribution in [1.82, 2.24) is 15.1 Å². The number of para-hydroxylation sites is 1. The summed E-state index contributed by atoms with van der Waals surface area (Å²) in [5.74, 6) is 0.00783. The van der Waals surface area contributed by atoms with Crippen molar-refractivity contribution in [1.29, 1.82) is 0 Å². The summed E-state index contributed by atoms with van der Waals surface area (Å²) >= 11 is 0. The maximum absolute atomic E-state index is 12.8. The van der Waals surface area contributed by atoms with Gasteiger partial charge in [0.15, 0.2) is 0 Å². The lowest BCUT2D eigenvalue weighted by Crippen LogP contribution is -2.47. The maximum Gasteiger partial charge on any atom is 0.233 e. The van der Waals surface area contributed by atoms with Crippen LogP contribution in [-0.2, 0) is 9.53 Å². The minimum absolute atomic E-state index is 0.00783. The van der Waals surface area contributed by atoms with Crippen LogP contribution in [0.15, 0.2) is 42.7 Å². The Morgan fingerprint density at radius 1 is 1.35 bits per heavy atom. The normalized spacial score (nSPS) is 16.9. The van der Waals surface area contributed by atoms with E-state index < -0.39 is 5.41 Å². The van der Waals surface area contributed by atoms with Gasteiger partial charge in [-0.2, -0.15) is 5.10 Å².